The lowest BCUT2D eigenvalue weighted by Gasteiger charge is -2.35. The van der Waals surface area contributed by atoms with Gasteiger partial charge < -0.3 is 14.6 Å². The minimum absolute atomic E-state index is 0.0366. The van der Waals surface area contributed by atoms with Crippen molar-refractivity contribution in [2.24, 2.45) is 5.41 Å². The number of hydrogen-bond donors (Lipinski definition) is 0. The Kier molecular flexibility index (Phi) is 6.14. The molecule has 0 saturated heterocycles. The Balaban J connectivity index is 2.31. The summed E-state index contributed by atoms with van der Waals surface area (Å²) in [7, 11) is 6.36. The maximum Gasteiger partial charge on any atom is 0.127 e. The Labute approximate surface area is 106 Å². The topological polar surface area (TPSA) is 23.6 Å². The summed E-state index contributed by atoms with van der Waals surface area (Å²) < 4.78 is 0. The summed E-state index contributed by atoms with van der Waals surface area (Å²) >= 11 is 0. The third kappa shape index (κ3) is 5.17. The van der Waals surface area contributed by atoms with Crippen molar-refractivity contribution >= 4 is 6.29 Å². The number of carbonyl (C=O) groups excluding carboxylic acids is 1. The van der Waals surface area contributed by atoms with Gasteiger partial charge in [-0.3, -0.25) is 0 Å². The molecule has 3 heteroatoms. The summed E-state index contributed by atoms with van der Waals surface area (Å²) in [4.78, 5) is 15.9. The molecule has 0 radical (unpaired) electrons. The van der Waals surface area contributed by atoms with Crippen LogP contribution in [0.1, 0.15) is 38.5 Å². The molecule has 1 rings (SSSR count). The Hall–Kier alpha value is -0.410. The van der Waals surface area contributed by atoms with Crippen molar-refractivity contribution < 1.29 is 4.79 Å². The normalized spacial score (nSPS) is 19.8. The molecule has 0 aromatic heterocycles. The van der Waals surface area contributed by atoms with Crippen molar-refractivity contribution in [1.29, 1.82) is 0 Å². The van der Waals surface area contributed by atoms with Crippen molar-refractivity contribution in [3.05, 3.63) is 0 Å². The second-order valence-corrected chi connectivity index (χ2v) is 5.94. The summed E-state index contributed by atoms with van der Waals surface area (Å²) in [5.74, 6) is 0. The van der Waals surface area contributed by atoms with Gasteiger partial charge in [-0.15, -0.1) is 0 Å². The lowest BCUT2D eigenvalue weighted by atomic mass is 9.75. The maximum atomic E-state index is 11.4. The number of hydrogen-bond acceptors (Lipinski definition) is 3. The van der Waals surface area contributed by atoms with Crippen LogP contribution in [-0.2, 0) is 4.79 Å². The molecule has 0 aromatic carbocycles. The van der Waals surface area contributed by atoms with E-state index in [4.69, 9.17) is 0 Å². The predicted molar refractivity (Wildman–Crippen MR) is 72.3 cm³/mol. The van der Waals surface area contributed by atoms with Crippen molar-refractivity contribution in [3.63, 3.8) is 0 Å². The fourth-order valence-corrected chi connectivity index (χ4v) is 2.84. The zero-order chi connectivity index (χ0) is 12.7. The van der Waals surface area contributed by atoms with Crippen LogP contribution < -0.4 is 0 Å². The standard InChI is InChI=1S/C14H28N2O/c1-15(2)10-7-11-16(3)12-14(13-17)8-5-4-6-9-14/h13H,4-12H2,1-3H3. The summed E-state index contributed by atoms with van der Waals surface area (Å²) in [6, 6.07) is 0. The maximum absolute atomic E-state index is 11.4. The van der Waals surface area contributed by atoms with E-state index in [1.807, 2.05) is 0 Å². The number of nitrogens with zero attached hydrogens (tertiary/aromatic N) is 2. The van der Waals surface area contributed by atoms with Crippen LogP contribution in [0.3, 0.4) is 0 Å². The quantitative estimate of drug-likeness (QED) is 0.636. The number of carbonyl (C=O) groups is 1. The molecule has 0 atom stereocenters. The first-order valence-corrected chi connectivity index (χ1v) is 6.88. The van der Waals surface area contributed by atoms with E-state index < -0.39 is 0 Å². The van der Waals surface area contributed by atoms with Crippen LogP contribution >= 0.6 is 0 Å². The highest BCUT2D eigenvalue weighted by Crippen LogP contribution is 2.34. The smallest absolute Gasteiger partial charge is 0.127 e. The highest BCUT2D eigenvalue weighted by Gasteiger charge is 2.32. The molecule has 0 bridgehead atoms. The monoisotopic (exact) mass is 240 g/mol. The van der Waals surface area contributed by atoms with Gasteiger partial charge in [0.15, 0.2) is 0 Å². The van der Waals surface area contributed by atoms with Gasteiger partial charge in [0, 0.05) is 12.0 Å². The van der Waals surface area contributed by atoms with Gasteiger partial charge in [-0.25, -0.2) is 0 Å². The van der Waals surface area contributed by atoms with Crippen LogP contribution in [0.2, 0.25) is 0 Å². The van der Waals surface area contributed by atoms with Crippen LogP contribution in [0.25, 0.3) is 0 Å². The molecule has 0 spiro atoms. The predicted octanol–water partition coefficient (Wildman–Crippen LogP) is 2.02. The summed E-state index contributed by atoms with van der Waals surface area (Å²) in [5, 5.41) is 0. The van der Waals surface area contributed by atoms with Gasteiger partial charge in [-0.1, -0.05) is 19.3 Å². The van der Waals surface area contributed by atoms with Crippen LogP contribution in [0.4, 0.5) is 0 Å². The summed E-state index contributed by atoms with van der Waals surface area (Å²) in [6.07, 6.45) is 8.35. The molecular weight excluding hydrogens is 212 g/mol. The van der Waals surface area contributed by atoms with Crippen molar-refractivity contribution in [1.82, 2.24) is 9.80 Å². The average Bonchev–Trinajstić information content (AvgIpc) is 2.29. The van der Waals surface area contributed by atoms with E-state index in [1.54, 1.807) is 0 Å². The van der Waals surface area contributed by atoms with Crippen LogP contribution in [0.15, 0.2) is 0 Å². The fourth-order valence-electron chi connectivity index (χ4n) is 2.84. The van der Waals surface area contributed by atoms with E-state index in [0.717, 1.165) is 32.5 Å². The van der Waals surface area contributed by atoms with Crippen molar-refractivity contribution in [3.8, 4) is 0 Å². The molecule has 17 heavy (non-hydrogen) atoms. The van der Waals surface area contributed by atoms with Crippen LogP contribution in [0, 0.1) is 5.41 Å². The minimum Gasteiger partial charge on any atom is -0.309 e. The van der Waals surface area contributed by atoms with Gasteiger partial charge in [0.25, 0.3) is 0 Å². The van der Waals surface area contributed by atoms with Gasteiger partial charge in [-0.2, -0.15) is 0 Å². The Morgan fingerprint density at radius 2 is 1.71 bits per heavy atom. The Bertz CT molecular complexity index is 222. The van der Waals surface area contributed by atoms with Crippen molar-refractivity contribution in [2.45, 2.75) is 38.5 Å². The SMILES string of the molecule is CN(C)CCCN(C)CC1(C=O)CCCCC1. The van der Waals surface area contributed by atoms with Crippen LogP contribution in [0.5, 0.6) is 0 Å². The molecule has 1 saturated carbocycles. The second kappa shape index (κ2) is 7.12. The van der Waals surface area contributed by atoms with Gasteiger partial charge in [-0.05, 0) is 53.5 Å². The molecule has 1 aliphatic carbocycles. The van der Waals surface area contributed by atoms with E-state index in [-0.39, 0.29) is 5.41 Å². The van der Waals surface area contributed by atoms with E-state index in [0.29, 0.717) is 0 Å². The molecule has 0 aromatic rings. The van der Waals surface area contributed by atoms with E-state index >= 15 is 0 Å². The second-order valence-electron chi connectivity index (χ2n) is 5.94. The largest absolute Gasteiger partial charge is 0.309 e. The molecule has 0 N–H and O–H groups in total. The van der Waals surface area contributed by atoms with E-state index in [2.05, 4.69) is 30.9 Å². The first kappa shape index (κ1) is 14.7. The van der Waals surface area contributed by atoms with Gasteiger partial charge in [0.05, 0.1) is 0 Å². The minimum atomic E-state index is -0.0366. The fraction of sp³-hybridized carbons (Fsp3) is 0.929. The molecule has 100 valence electrons. The lowest BCUT2D eigenvalue weighted by Crippen LogP contribution is -2.39. The average molecular weight is 240 g/mol. The zero-order valence-corrected chi connectivity index (χ0v) is 11.7. The van der Waals surface area contributed by atoms with E-state index in [1.165, 1.54) is 32.0 Å². The Morgan fingerprint density at radius 3 is 2.24 bits per heavy atom. The molecule has 0 amide bonds. The third-order valence-electron chi connectivity index (χ3n) is 3.83. The van der Waals surface area contributed by atoms with Crippen molar-refractivity contribution in [2.75, 3.05) is 40.8 Å². The molecule has 1 fully saturated rings. The zero-order valence-electron chi connectivity index (χ0n) is 11.7. The Morgan fingerprint density at radius 1 is 1.06 bits per heavy atom. The van der Waals surface area contributed by atoms with E-state index in [9.17, 15) is 4.79 Å². The lowest BCUT2D eigenvalue weighted by molar-refractivity contribution is -0.118. The number of aldehydes is 1. The summed E-state index contributed by atoms with van der Waals surface area (Å²) in [5.41, 5.74) is -0.0366. The van der Waals surface area contributed by atoms with Crippen LogP contribution in [-0.4, -0.2) is 56.9 Å². The molecule has 1 aliphatic rings. The molecule has 0 aliphatic heterocycles. The highest BCUT2D eigenvalue weighted by atomic mass is 16.1. The first-order valence-electron chi connectivity index (χ1n) is 6.88. The highest BCUT2D eigenvalue weighted by molar-refractivity contribution is 5.60. The molecule has 3 nitrogen and oxygen atoms in total. The molecular formula is C14H28N2O. The molecule has 0 heterocycles. The first-order chi connectivity index (χ1) is 8.08. The van der Waals surface area contributed by atoms with Gasteiger partial charge in [0.2, 0.25) is 0 Å². The van der Waals surface area contributed by atoms with Gasteiger partial charge in [0.1, 0.15) is 6.29 Å². The number of rotatable bonds is 7. The molecule has 0 unspecified atom stereocenters. The van der Waals surface area contributed by atoms with Gasteiger partial charge >= 0.3 is 0 Å². The summed E-state index contributed by atoms with van der Waals surface area (Å²) in [6.45, 7) is 3.16. The third-order valence-corrected chi connectivity index (χ3v) is 3.83.